The van der Waals surface area contributed by atoms with Crippen LogP contribution in [-0.2, 0) is 4.75 Å². The summed E-state index contributed by atoms with van der Waals surface area (Å²) in [5.74, 6) is 1.88. The highest BCUT2D eigenvalue weighted by Gasteiger charge is 2.33. The Bertz CT molecular complexity index is 395. The lowest BCUT2D eigenvalue weighted by molar-refractivity contribution is 0.602. The first kappa shape index (κ1) is 9.58. The predicted octanol–water partition coefficient (Wildman–Crippen LogP) is 1.09. The standard InChI is InChI=1S/C9H13N3OS/c1-9(3-2-4-14-9)8-11-5-6(10)7(13)12-8/h5H,2-4,10H2,1H3,(H,11,12,13). The molecule has 0 saturated carbocycles. The van der Waals surface area contributed by atoms with Crippen molar-refractivity contribution in [3.63, 3.8) is 0 Å². The molecule has 1 aromatic heterocycles. The lowest BCUT2D eigenvalue weighted by atomic mass is 10.1. The summed E-state index contributed by atoms with van der Waals surface area (Å²) in [6.07, 6.45) is 3.68. The molecule has 4 nitrogen and oxygen atoms in total. The number of aromatic amines is 1. The van der Waals surface area contributed by atoms with Gasteiger partial charge in [-0.2, -0.15) is 0 Å². The Balaban J connectivity index is 2.41. The molecule has 0 aliphatic carbocycles. The van der Waals surface area contributed by atoms with Gasteiger partial charge in [0.15, 0.2) is 0 Å². The molecule has 14 heavy (non-hydrogen) atoms. The van der Waals surface area contributed by atoms with Gasteiger partial charge in [0.1, 0.15) is 11.5 Å². The minimum atomic E-state index is -0.233. The molecule has 1 atom stereocenters. The molecule has 2 rings (SSSR count). The number of rotatable bonds is 1. The number of hydrogen-bond acceptors (Lipinski definition) is 4. The number of nitrogens with two attached hydrogens (primary N) is 1. The van der Waals surface area contributed by atoms with Gasteiger partial charge in [0.2, 0.25) is 0 Å². The fourth-order valence-corrected chi connectivity index (χ4v) is 2.91. The van der Waals surface area contributed by atoms with Crippen LogP contribution in [0.3, 0.4) is 0 Å². The molecule has 1 saturated heterocycles. The number of nitrogens with zero attached hydrogens (tertiary/aromatic N) is 1. The van der Waals surface area contributed by atoms with E-state index in [1.165, 1.54) is 12.6 Å². The quantitative estimate of drug-likeness (QED) is 0.729. The maximum atomic E-state index is 11.3. The first-order chi connectivity index (χ1) is 6.62. The highest BCUT2D eigenvalue weighted by molar-refractivity contribution is 8.00. The summed E-state index contributed by atoms with van der Waals surface area (Å²) in [6, 6.07) is 0. The molecule has 1 aromatic rings. The van der Waals surface area contributed by atoms with Crippen LogP contribution < -0.4 is 11.3 Å². The molecule has 1 aliphatic rings. The van der Waals surface area contributed by atoms with Crippen molar-refractivity contribution < 1.29 is 0 Å². The Kier molecular flexibility index (Phi) is 2.26. The first-order valence-electron chi connectivity index (χ1n) is 4.61. The Morgan fingerprint density at radius 3 is 3.07 bits per heavy atom. The molecular formula is C9H13N3OS. The van der Waals surface area contributed by atoms with Crippen LogP contribution in [-0.4, -0.2) is 15.7 Å². The van der Waals surface area contributed by atoms with Crippen LogP contribution in [0.5, 0.6) is 0 Å². The van der Waals surface area contributed by atoms with E-state index in [2.05, 4.69) is 16.9 Å². The first-order valence-corrected chi connectivity index (χ1v) is 5.60. The maximum absolute atomic E-state index is 11.3. The van der Waals surface area contributed by atoms with Gasteiger partial charge in [-0.25, -0.2) is 4.98 Å². The van der Waals surface area contributed by atoms with Crippen molar-refractivity contribution >= 4 is 17.4 Å². The van der Waals surface area contributed by atoms with E-state index in [-0.39, 0.29) is 16.0 Å². The molecule has 0 spiro atoms. The van der Waals surface area contributed by atoms with Crippen LogP contribution in [0, 0.1) is 0 Å². The Morgan fingerprint density at radius 1 is 1.71 bits per heavy atom. The maximum Gasteiger partial charge on any atom is 0.274 e. The van der Waals surface area contributed by atoms with E-state index >= 15 is 0 Å². The second kappa shape index (κ2) is 3.31. The zero-order valence-electron chi connectivity index (χ0n) is 8.04. The van der Waals surface area contributed by atoms with E-state index in [4.69, 9.17) is 5.73 Å². The van der Waals surface area contributed by atoms with E-state index in [1.54, 1.807) is 0 Å². The van der Waals surface area contributed by atoms with E-state index in [9.17, 15) is 4.79 Å². The lowest BCUT2D eigenvalue weighted by Crippen LogP contribution is -2.23. The van der Waals surface area contributed by atoms with Crippen LogP contribution >= 0.6 is 11.8 Å². The molecule has 5 heteroatoms. The highest BCUT2D eigenvalue weighted by Crippen LogP contribution is 2.44. The van der Waals surface area contributed by atoms with Gasteiger partial charge >= 0.3 is 0 Å². The summed E-state index contributed by atoms with van der Waals surface area (Å²) in [7, 11) is 0. The van der Waals surface area contributed by atoms with E-state index < -0.39 is 0 Å². The zero-order chi connectivity index (χ0) is 10.2. The number of H-pyrrole nitrogens is 1. The van der Waals surface area contributed by atoms with Crippen LogP contribution in [0.4, 0.5) is 5.69 Å². The third-order valence-corrected chi connectivity index (χ3v) is 4.07. The van der Waals surface area contributed by atoms with Gasteiger partial charge in [0, 0.05) is 0 Å². The number of nitrogens with one attached hydrogen (secondary N) is 1. The second-order valence-corrected chi connectivity index (χ2v) is 5.30. The van der Waals surface area contributed by atoms with E-state index in [0.717, 1.165) is 18.0 Å². The number of aromatic nitrogens is 2. The van der Waals surface area contributed by atoms with Crippen molar-refractivity contribution in [2.45, 2.75) is 24.5 Å². The van der Waals surface area contributed by atoms with Gasteiger partial charge in [0.25, 0.3) is 5.56 Å². The number of nitrogen functional groups attached to an aromatic ring is 1. The number of hydrogen-bond donors (Lipinski definition) is 2. The average molecular weight is 211 g/mol. The molecule has 0 aromatic carbocycles. The van der Waals surface area contributed by atoms with Gasteiger partial charge < -0.3 is 10.7 Å². The third kappa shape index (κ3) is 1.52. The Labute approximate surface area is 86.3 Å². The van der Waals surface area contributed by atoms with Crippen molar-refractivity contribution in [1.82, 2.24) is 9.97 Å². The summed E-state index contributed by atoms with van der Waals surface area (Å²) >= 11 is 1.84. The SMILES string of the molecule is CC1(c2ncc(N)c(=O)[nH]2)CCCS1. The second-order valence-electron chi connectivity index (χ2n) is 3.70. The molecule has 2 heterocycles. The summed E-state index contributed by atoms with van der Waals surface area (Å²) in [5, 5.41) is 0. The topological polar surface area (TPSA) is 71.8 Å². The number of thioether (sulfide) groups is 1. The van der Waals surface area contributed by atoms with Gasteiger partial charge in [-0.15, -0.1) is 11.8 Å². The van der Waals surface area contributed by atoms with Crippen LogP contribution in [0.2, 0.25) is 0 Å². The van der Waals surface area contributed by atoms with E-state index in [1.807, 2.05) is 11.8 Å². The van der Waals surface area contributed by atoms with Crippen LogP contribution in [0.1, 0.15) is 25.6 Å². The van der Waals surface area contributed by atoms with Gasteiger partial charge in [-0.05, 0) is 25.5 Å². The Morgan fingerprint density at radius 2 is 2.50 bits per heavy atom. The zero-order valence-corrected chi connectivity index (χ0v) is 8.86. The summed E-state index contributed by atoms with van der Waals surface area (Å²) in [4.78, 5) is 18.2. The van der Waals surface area contributed by atoms with Crippen molar-refractivity contribution in [3.05, 3.63) is 22.4 Å². The lowest BCUT2D eigenvalue weighted by Gasteiger charge is -2.20. The van der Waals surface area contributed by atoms with Crippen LogP contribution in [0.15, 0.2) is 11.0 Å². The molecule has 1 unspecified atom stereocenters. The summed E-state index contributed by atoms with van der Waals surface area (Å²) < 4.78 is -0.0349. The summed E-state index contributed by atoms with van der Waals surface area (Å²) in [5.41, 5.74) is 5.37. The van der Waals surface area contributed by atoms with Crippen molar-refractivity contribution in [3.8, 4) is 0 Å². The molecule has 3 N–H and O–H groups in total. The highest BCUT2D eigenvalue weighted by atomic mass is 32.2. The van der Waals surface area contributed by atoms with Gasteiger partial charge in [-0.3, -0.25) is 4.79 Å². The van der Waals surface area contributed by atoms with Crippen LogP contribution in [0.25, 0.3) is 0 Å². The monoisotopic (exact) mass is 211 g/mol. The molecule has 1 aliphatic heterocycles. The van der Waals surface area contributed by atoms with Gasteiger partial charge in [0.05, 0.1) is 10.9 Å². The molecule has 0 bridgehead atoms. The van der Waals surface area contributed by atoms with Crippen molar-refractivity contribution in [2.75, 3.05) is 11.5 Å². The third-order valence-electron chi connectivity index (χ3n) is 2.55. The van der Waals surface area contributed by atoms with Crippen molar-refractivity contribution in [2.24, 2.45) is 0 Å². The minimum Gasteiger partial charge on any atom is -0.393 e. The average Bonchev–Trinajstić information content (AvgIpc) is 2.58. The fourth-order valence-electron chi connectivity index (χ4n) is 1.64. The summed E-state index contributed by atoms with van der Waals surface area (Å²) in [6.45, 7) is 2.11. The molecule has 0 radical (unpaired) electrons. The predicted molar refractivity (Wildman–Crippen MR) is 58.3 cm³/mol. The number of anilines is 1. The largest absolute Gasteiger partial charge is 0.393 e. The minimum absolute atomic E-state index is 0.0349. The van der Waals surface area contributed by atoms with Gasteiger partial charge in [-0.1, -0.05) is 0 Å². The fraction of sp³-hybridized carbons (Fsp3) is 0.556. The molecular weight excluding hydrogens is 198 g/mol. The normalized spacial score (nSPS) is 26.6. The Hall–Kier alpha value is -0.970. The van der Waals surface area contributed by atoms with Crippen molar-refractivity contribution in [1.29, 1.82) is 0 Å². The molecule has 0 amide bonds. The smallest absolute Gasteiger partial charge is 0.274 e. The molecule has 76 valence electrons. The van der Waals surface area contributed by atoms with E-state index in [0.29, 0.717) is 0 Å². The molecule has 1 fully saturated rings.